The van der Waals surface area contributed by atoms with Crippen molar-refractivity contribution >= 4 is 21.9 Å². The molecule has 0 saturated heterocycles. The van der Waals surface area contributed by atoms with Gasteiger partial charge in [-0.25, -0.2) is 9.97 Å². The summed E-state index contributed by atoms with van der Waals surface area (Å²) in [6, 6.07) is 15.5. The average molecular weight is 205 g/mol. The second kappa shape index (κ2) is 3.28. The highest BCUT2D eigenvalue weighted by Gasteiger charge is 2.01. The first-order chi connectivity index (χ1) is 7.86. The van der Waals surface area contributed by atoms with Crippen molar-refractivity contribution in [3.05, 3.63) is 48.2 Å². The molecule has 3 aromatic rings. The molecule has 0 saturated carbocycles. The van der Waals surface area contributed by atoms with Crippen LogP contribution >= 0.6 is 0 Å². The minimum Gasteiger partial charge on any atom is -0.228 e. The fraction of sp³-hybridized carbons (Fsp3) is 0. The predicted molar refractivity (Wildman–Crippen MR) is 61.8 cm³/mol. The molecule has 3 nitrogen and oxygen atoms in total. The van der Waals surface area contributed by atoms with Gasteiger partial charge in [-0.15, -0.1) is 0 Å². The minimum absolute atomic E-state index is 0.398. The summed E-state index contributed by atoms with van der Waals surface area (Å²) >= 11 is 0. The Morgan fingerprint density at radius 1 is 0.938 bits per heavy atom. The zero-order valence-corrected chi connectivity index (χ0v) is 8.38. The second-order valence-electron chi connectivity index (χ2n) is 3.54. The lowest BCUT2D eigenvalue weighted by molar-refractivity contribution is 1.27. The van der Waals surface area contributed by atoms with E-state index in [4.69, 9.17) is 5.26 Å². The Morgan fingerprint density at radius 3 is 2.69 bits per heavy atom. The summed E-state index contributed by atoms with van der Waals surface area (Å²) in [6.07, 6.45) is 0. The Kier molecular flexibility index (Phi) is 1.81. The summed E-state index contributed by atoms with van der Waals surface area (Å²) in [6.45, 7) is 0. The van der Waals surface area contributed by atoms with E-state index in [9.17, 15) is 0 Å². The van der Waals surface area contributed by atoms with Gasteiger partial charge in [0.1, 0.15) is 11.8 Å². The van der Waals surface area contributed by atoms with Crippen molar-refractivity contribution in [2.75, 3.05) is 0 Å². The first kappa shape index (κ1) is 8.81. The third-order valence-electron chi connectivity index (χ3n) is 2.49. The van der Waals surface area contributed by atoms with Gasteiger partial charge in [-0.3, -0.25) is 0 Å². The third-order valence-corrected chi connectivity index (χ3v) is 2.49. The Balaban J connectivity index is 2.43. The molecule has 0 aliphatic rings. The summed E-state index contributed by atoms with van der Waals surface area (Å²) in [4.78, 5) is 8.60. The molecule has 0 aliphatic heterocycles. The first-order valence-electron chi connectivity index (χ1n) is 4.93. The molecule has 1 aromatic carbocycles. The molecule has 16 heavy (non-hydrogen) atoms. The Bertz CT molecular complexity index is 726. The Hall–Kier alpha value is -2.47. The monoisotopic (exact) mass is 205 g/mol. The number of hydrogen-bond donors (Lipinski definition) is 0. The Labute approximate surface area is 92.0 Å². The van der Waals surface area contributed by atoms with Gasteiger partial charge in [0.25, 0.3) is 0 Å². The van der Waals surface area contributed by atoms with Gasteiger partial charge in [0.2, 0.25) is 0 Å². The van der Waals surface area contributed by atoms with E-state index >= 15 is 0 Å². The predicted octanol–water partition coefficient (Wildman–Crippen LogP) is 2.65. The number of fused-ring (bicyclic) bond motifs is 2. The minimum atomic E-state index is 0.398. The van der Waals surface area contributed by atoms with E-state index in [1.54, 1.807) is 6.07 Å². The number of benzene rings is 1. The fourth-order valence-corrected chi connectivity index (χ4v) is 1.72. The van der Waals surface area contributed by atoms with Crippen LogP contribution in [0.5, 0.6) is 0 Å². The van der Waals surface area contributed by atoms with Gasteiger partial charge in [-0.2, -0.15) is 5.26 Å². The molecule has 0 aliphatic carbocycles. The van der Waals surface area contributed by atoms with E-state index in [-0.39, 0.29) is 0 Å². The lowest BCUT2D eigenvalue weighted by Crippen LogP contribution is -1.88. The summed E-state index contributed by atoms with van der Waals surface area (Å²) in [7, 11) is 0. The summed E-state index contributed by atoms with van der Waals surface area (Å²) in [5.74, 6) is 0. The molecule has 0 spiro atoms. The number of pyridine rings is 2. The maximum absolute atomic E-state index is 8.77. The average Bonchev–Trinajstić information content (AvgIpc) is 2.35. The van der Waals surface area contributed by atoms with Gasteiger partial charge in [0.05, 0.1) is 5.52 Å². The van der Waals surface area contributed by atoms with E-state index in [1.807, 2.05) is 42.5 Å². The molecule has 0 unspecified atom stereocenters. The van der Waals surface area contributed by atoms with Crippen LogP contribution in [0.25, 0.3) is 21.9 Å². The molecule has 0 N–H and O–H groups in total. The molecule has 0 atom stereocenters. The van der Waals surface area contributed by atoms with Crippen LogP contribution in [0, 0.1) is 11.3 Å². The maximum Gasteiger partial charge on any atom is 0.161 e. The molecule has 3 rings (SSSR count). The zero-order valence-electron chi connectivity index (χ0n) is 8.38. The van der Waals surface area contributed by atoms with Crippen LogP contribution in [0.1, 0.15) is 5.69 Å². The van der Waals surface area contributed by atoms with Crippen molar-refractivity contribution in [2.24, 2.45) is 0 Å². The molecule has 0 amide bonds. The van der Waals surface area contributed by atoms with E-state index in [0.717, 1.165) is 16.3 Å². The van der Waals surface area contributed by atoms with Gasteiger partial charge >= 0.3 is 0 Å². The van der Waals surface area contributed by atoms with Crippen molar-refractivity contribution in [1.29, 1.82) is 5.26 Å². The van der Waals surface area contributed by atoms with Crippen LogP contribution in [-0.4, -0.2) is 9.97 Å². The van der Waals surface area contributed by atoms with E-state index in [2.05, 4.69) is 9.97 Å². The van der Waals surface area contributed by atoms with Crippen molar-refractivity contribution in [1.82, 2.24) is 9.97 Å². The summed E-state index contributed by atoms with van der Waals surface area (Å²) in [5, 5.41) is 10.8. The quantitative estimate of drug-likeness (QED) is 0.530. The van der Waals surface area contributed by atoms with Gasteiger partial charge in [0, 0.05) is 10.8 Å². The SMILES string of the molecule is N#Cc1ccc2cc3ccccc3nc2n1. The van der Waals surface area contributed by atoms with E-state index in [0.29, 0.717) is 11.3 Å². The smallest absolute Gasteiger partial charge is 0.161 e. The number of para-hydroxylation sites is 1. The number of nitrogens with zero attached hydrogens (tertiary/aromatic N) is 3. The molecule has 2 heterocycles. The largest absolute Gasteiger partial charge is 0.228 e. The van der Waals surface area contributed by atoms with Crippen LogP contribution in [-0.2, 0) is 0 Å². The molecule has 2 aromatic heterocycles. The van der Waals surface area contributed by atoms with Gasteiger partial charge in [-0.1, -0.05) is 18.2 Å². The van der Waals surface area contributed by atoms with Crippen molar-refractivity contribution < 1.29 is 0 Å². The van der Waals surface area contributed by atoms with Crippen molar-refractivity contribution in [3.63, 3.8) is 0 Å². The highest BCUT2D eigenvalue weighted by molar-refractivity contribution is 5.90. The van der Waals surface area contributed by atoms with Crippen LogP contribution < -0.4 is 0 Å². The molecule has 0 fully saturated rings. The summed E-state index contributed by atoms with van der Waals surface area (Å²) in [5.41, 5.74) is 1.92. The lowest BCUT2D eigenvalue weighted by atomic mass is 10.1. The topological polar surface area (TPSA) is 49.6 Å². The number of hydrogen-bond acceptors (Lipinski definition) is 3. The maximum atomic E-state index is 8.77. The highest BCUT2D eigenvalue weighted by atomic mass is 14.8. The van der Waals surface area contributed by atoms with Crippen molar-refractivity contribution in [3.8, 4) is 6.07 Å². The van der Waals surface area contributed by atoms with Crippen LogP contribution in [0.15, 0.2) is 42.5 Å². The third kappa shape index (κ3) is 1.29. The van der Waals surface area contributed by atoms with Gasteiger partial charge < -0.3 is 0 Å². The normalized spacial score (nSPS) is 10.4. The molecule has 0 bridgehead atoms. The van der Waals surface area contributed by atoms with Crippen LogP contribution in [0.2, 0.25) is 0 Å². The van der Waals surface area contributed by atoms with Gasteiger partial charge in [-0.05, 0) is 24.3 Å². The van der Waals surface area contributed by atoms with Crippen molar-refractivity contribution in [2.45, 2.75) is 0 Å². The summed E-state index contributed by atoms with van der Waals surface area (Å²) < 4.78 is 0. The number of aromatic nitrogens is 2. The van der Waals surface area contributed by atoms with E-state index in [1.165, 1.54) is 0 Å². The second-order valence-corrected chi connectivity index (χ2v) is 3.54. The number of nitriles is 1. The number of rotatable bonds is 0. The Morgan fingerprint density at radius 2 is 1.81 bits per heavy atom. The standard InChI is InChI=1S/C13H7N3/c14-8-11-6-5-10-7-9-3-1-2-4-12(9)16-13(10)15-11/h1-7H. The molecule has 3 heteroatoms. The van der Waals surface area contributed by atoms with Gasteiger partial charge in [0.15, 0.2) is 5.65 Å². The van der Waals surface area contributed by atoms with E-state index < -0.39 is 0 Å². The highest BCUT2D eigenvalue weighted by Crippen LogP contribution is 2.18. The van der Waals surface area contributed by atoms with Crippen LogP contribution in [0.4, 0.5) is 0 Å². The first-order valence-corrected chi connectivity index (χ1v) is 4.93. The molecule has 74 valence electrons. The molecule has 0 radical (unpaired) electrons. The molecular formula is C13H7N3. The zero-order chi connectivity index (χ0) is 11.0. The fourth-order valence-electron chi connectivity index (χ4n) is 1.72. The molecular weight excluding hydrogens is 198 g/mol. The lowest BCUT2D eigenvalue weighted by Gasteiger charge is -2.00. The van der Waals surface area contributed by atoms with Crippen LogP contribution in [0.3, 0.4) is 0 Å².